The molecule has 3 N–H and O–H groups in total. The van der Waals surface area contributed by atoms with Crippen molar-refractivity contribution >= 4 is 50.7 Å². The van der Waals surface area contributed by atoms with Gasteiger partial charge in [-0.3, -0.25) is 25.2 Å². The minimum absolute atomic E-state index is 0.0286. The number of benzene rings is 3. The molecule has 9 nitrogen and oxygen atoms in total. The van der Waals surface area contributed by atoms with Crippen LogP contribution >= 0.6 is 23.2 Å². The third kappa shape index (κ3) is 7.14. The fourth-order valence-corrected chi connectivity index (χ4v) is 5.22. The average molecular weight is 564 g/mol. The van der Waals surface area contributed by atoms with Gasteiger partial charge in [0.25, 0.3) is 21.8 Å². The number of hydrogen-bond acceptors (Lipinski definition) is 6. The number of rotatable bonds is 8. The second kappa shape index (κ2) is 11.8. The Labute approximate surface area is 224 Å². The molecule has 0 aromatic heterocycles. The van der Waals surface area contributed by atoms with Crippen molar-refractivity contribution in [3.8, 4) is 5.75 Å². The highest BCUT2D eigenvalue weighted by Crippen LogP contribution is 2.26. The molecule has 4 rings (SSSR count). The quantitative estimate of drug-likeness (QED) is 0.348. The second-order valence-corrected chi connectivity index (χ2v) is 10.6. The summed E-state index contributed by atoms with van der Waals surface area (Å²) < 4.78 is 39.2. The van der Waals surface area contributed by atoms with E-state index in [1.54, 1.807) is 24.3 Å². The van der Waals surface area contributed by atoms with E-state index in [1.165, 1.54) is 36.4 Å². The summed E-state index contributed by atoms with van der Waals surface area (Å²) in [6.45, 7) is 1.18. The third-order valence-electron chi connectivity index (χ3n) is 5.45. The fourth-order valence-electron chi connectivity index (χ4n) is 3.50. The lowest BCUT2D eigenvalue weighted by Gasteiger charge is -2.13. The van der Waals surface area contributed by atoms with E-state index in [9.17, 15) is 18.0 Å². The Morgan fingerprint density at radius 2 is 1.57 bits per heavy atom. The maximum Gasteiger partial charge on any atom is 0.269 e. The van der Waals surface area contributed by atoms with Gasteiger partial charge in [0.05, 0.1) is 11.1 Å². The van der Waals surface area contributed by atoms with Gasteiger partial charge in [-0.25, -0.2) is 8.42 Å². The zero-order valence-electron chi connectivity index (χ0n) is 19.4. The summed E-state index contributed by atoms with van der Waals surface area (Å²) in [5.74, 6) is -0.701. The van der Waals surface area contributed by atoms with E-state index >= 15 is 0 Å². The standard InChI is InChI=1S/C25H23Cl2N3O6S/c26-18-6-8-19(9-7-18)30-37(33,34)23-14-17(5-12-22(23)27)25(32)29-28-24(31)16-3-10-20(11-4-16)36-15-21-2-1-13-35-21/h3-12,14,21,30H,1-2,13,15H2,(H,28,31)(H,29,32)/t21-/m0/s1. The number of carbonyl (C=O) groups excluding carboxylic acids is 2. The van der Waals surface area contributed by atoms with E-state index in [2.05, 4.69) is 15.6 Å². The van der Waals surface area contributed by atoms with Crippen LogP contribution < -0.4 is 20.3 Å². The smallest absolute Gasteiger partial charge is 0.269 e. The summed E-state index contributed by atoms with van der Waals surface area (Å²) in [4.78, 5) is 24.7. The van der Waals surface area contributed by atoms with Gasteiger partial charge in [0.1, 0.15) is 17.3 Å². The zero-order chi connectivity index (χ0) is 26.4. The molecule has 1 aliphatic heterocycles. The number of hydrogen-bond donors (Lipinski definition) is 3. The molecular weight excluding hydrogens is 541 g/mol. The van der Waals surface area contributed by atoms with E-state index in [0.29, 0.717) is 17.4 Å². The van der Waals surface area contributed by atoms with Gasteiger partial charge in [-0.2, -0.15) is 0 Å². The van der Waals surface area contributed by atoms with Crippen LogP contribution in [0.1, 0.15) is 33.6 Å². The van der Waals surface area contributed by atoms with Crippen molar-refractivity contribution in [3.63, 3.8) is 0 Å². The Balaban J connectivity index is 1.35. The lowest BCUT2D eigenvalue weighted by atomic mass is 10.2. The molecule has 0 aliphatic carbocycles. The first-order valence-electron chi connectivity index (χ1n) is 11.2. The largest absolute Gasteiger partial charge is 0.491 e. The molecule has 12 heteroatoms. The van der Waals surface area contributed by atoms with Gasteiger partial charge in [0.15, 0.2) is 0 Å². The molecule has 2 amide bonds. The maximum atomic E-state index is 12.8. The van der Waals surface area contributed by atoms with E-state index < -0.39 is 21.8 Å². The van der Waals surface area contributed by atoms with Gasteiger partial charge in [-0.05, 0) is 79.6 Å². The van der Waals surface area contributed by atoms with E-state index in [1.807, 2.05) is 0 Å². The highest BCUT2D eigenvalue weighted by atomic mass is 35.5. The molecule has 0 unspecified atom stereocenters. The number of nitrogens with one attached hydrogen (secondary N) is 3. The molecule has 0 bridgehead atoms. The van der Waals surface area contributed by atoms with Crippen molar-refractivity contribution in [2.75, 3.05) is 17.9 Å². The normalized spacial score (nSPS) is 15.1. The molecule has 0 spiro atoms. The van der Waals surface area contributed by atoms with Crippen molar-refractivity contribution in [2.45, 2.75) is 23.8 Å². The first-order chi connectivity index (χ1) is 17.7. The summed E-state index contributed by atoms with van der Waals surface area (Å²) in [5, 5.41) is 0.365. The highest BCUT2D eigenvalue weighted by Gasteiger charge is 2.21. The molecular formula is C25H23Cl2N3O6S. The van der Waals surface area contributed by atoms with Crippen molar-refractivity contribution < 1.29 is 27.5 Å². The molecule has 194 valence electrons. The number of anilines is 1. The Morgan fingerprint density at radius 1 is 0.919 bits per heavy atom. The van der Waals surface area contributed by atoms with Gasteiger partial charge >= 0.3 is 0 Å². The van der Waals surface area contributed by atoms with Crippen LogP contribution in [0.25, 0.3) is 0 Å². The SMILES string of the molecule is O=C(NNC(=O)c1ccc(Cl)c(S(=O)(=O)Nc2ccc(Cl)cc2)c1)c1ccc(OC[C@@H]2CCCO2)cc1. The Bertz CT molecular complexity index is 1380. The molecule has 37 heavy (non-hydrogen) atoms. The number of amides is 2. The van der Waals surface area contributed by atoms with E-state index in [4.69, 9.17) is 32.7 Å². The van der Waals surface area contributed by atoms with Crippen LogP contribution in [0, 0.1) is 0 Å². The van der Waals surface area contributed by atoms with Crippen molar-refractivity contribution in [3.05, 3.63) is 87.9 Å². The summed E-state index contributed by atoms with van der Waals surface area (Å²) in [5.41, 5.74) is 5.10. The lowest BCUT2D eigenvalue weighted by molar-refractivity contribution is 0.0679. The summed E-state index contributed by atoms with van der Waals surface area (Å²) in [7, 11) is -4.11. The van der Waals surface area contributed by atoms with Gasteiger partial charge in [0.2, 0.25) is 0 Å². The topological polar surface area (TPSA) is 123 Å². The average Bonchev–Trinajstić information content (AvgIpc) is 3.41. The molecule has 1 heterocycles. The molecule has 0 radical (unpaired) electrons. The van der Waals surface area contributed by atoms with Gasteiger partial charge < -0.3 is 9.47 Å². The number of hydrazine groups is 1. The van der Waals surface area contributed by atoms with E-state index in [-0.39, 0.29) is 32.8 Å². The third-order valence-corrected chi connectivity index (χ3v) is 7.56. The van der Waals surface area contributed by atoms with Crippen LogP contribution in [0.3, 0.4) is 0 Å². The number of ether oxygens (including phenoxy) is 2. The number of carbonyl (C=O) groups is 2. The highest BCUT2D eigenvalue weighted by molar-refractivity contribution is 7.92. The second-order valence-electron chi connectivity index (χ2n) is 8.14. The lowest BCUT2D eigenvalue weighted by Crippen LogP contribution is -2.41. The van der Waals surface area contributed by atoms with Gasteiger partial charge in [-0.15, -0.1) is 0 Å². The first-order valence-corrected chi connectivity index (χ1v) is 13.5. The van der Waals surface area contributed by atoms with Crippen LogP contribution in [0.4, 0.5) is 5.69 Å². The molecule has 1 saturated heterocycles. The number of sulfonamides is 1. The molecule has 1 atom stereocenters. The Hall–Kier alpha value is -3.31. The summed E-state index contributed by atoms with van der Waals surface area (Å²) in [6, 6.07) is 16.2. The Kier molecular flexibility index (Phi) is 8.55. The van der Waals surface area contributed by atoms with Crippen LogP contribution in [0.5, 0.6) is 5.75 Å². The van der Waals surface area contributed by atoms with Crippen molar-refractivity contribution in [1.29, 1.82) is 0 Å². The zero-order valence-corrected chi connectivity index (χ0v) is 21.7. The maximum absolute atomic E-state index is 12.8. The van der Waals surface area contributed by atoms with Gasteiger partial charge in [0, 0.05) is 28.4 Å². The predicted octanol–water partition coefficient (Wildman–Crippen LogP) is 4.43. The fraction of sp³-hybridized carbons (Fsp3) is 0.200. The molecule has 1 aliphatic rings. The van der Waals surface area contributed by atoms with Gasteiger partial charge in [-0.1, -0.05) is 23.2 Å². The first kappa shape index (κ1) is 26.7. The van der Waals surface area contributed by atoms with Crippen LogP contribution in [-0.2, 0) is 14.8 Å². The van der Waals surface area contributed by atoms with Crippen LogP contribution in [0.15, 0.2) is 71.6 Å². The minimum atomic E-state index is -4.11. The van der Waals surface area contributed by atoms with Crippen molar-refractivity contribution in [1.82, 2.24) is 10.9 Å². The molecule has 0 saturated carbocycles. The molecule has 1 fully saturated rings. The molecule has 3 aromatic rings. The van der Waals surface area contributed by atoms with Crippen LogP contribution in [-0.4, -0.2) is 39.5 Å². The Morgan fingerprint density at radius 3 is 2.22 bits per heavy atom. The van der Waals surface area contributed by atoms with Crippen molar-refractivity contribution in [2.24, 2.45) is 0 Å². The predicted molar refractivity (Wildman–Crippen MR) is 140 cm³/mol. The van der Waals surface area contributed by atoms with Crippen LogP contribution in [0.2, 0.25) is 10.0 Å². The molecule has 3 aromatic carbocycles. The van der Waals surface area contributed by atoms with E-state index in [0.717, 1.165) is 25.5 Å². The minimum Gasteiger partial charge on any atom is -0.491 e. The monoisotopic (exact) mass is 563 g/mol. The summed E-state index contributed by atoms with van der Waals surface area (Å²) >= 11 is 11.9. The summed E-state index contributed by atoms with van der Waals surface area (Å²) in [6.07, 6.45) is 2.06. The number of halogens is 2.